The summed E-state index contributed by atoms with van der Waals surface area (Å²) in [7, 11) is 0. The predicted molar refractivity (Wildman–Crippen MR) is 77.0 cm³/mol. The monoisotopic (exact) mass is 271 g/mol. The van der Waals surface area contributed by atoms with Gasteiger partial charge in [-0.05, 0) is 26.0 Å². The van der Waals surface area contributed by atoms with Gasteiger partial charge in [0.15, 0.2) is 0 Å². The summed E-state index contributed by atoms with van der Waals surface area (Å²) < 4.78 is 0. The Kier molecular flexibility index (Phi) is 5.33. The van der Waals surface area contributed by atoms with Crippen LogP contribution in [-0.4, -0.2) is 60.6 Å². The van der Waals surface area contributed by atoms with Gasteiger partial charge in [0, 0.05) is 37.5 Å². The lowest BCUT2D eigenvalue weighted by molar-refractivity contribution is -0.126. The SMILES string of the molecule is CSC1CCCC1NC(=O)C(C)N1CCNCC1. The number of nitrogens with one attached hydrogen (secondary N) is 2. The average molecular weight is 271 g/mol. The van der Waals surface area contributed by atoms with E-state index in [1.807, 2.05) is 18.7 Å². The zero-order valence-corrected chi connectivity index (χ0v) is 12.3. The Morgan fingerprint density at radius 2 is 2.11 bits per heavy atom. The fourth-order valence-corrected chi connectivity index (χ4v) is 3.85. The molecule has 0 bridgehead atoms. The van der Waals surface area contributed by atoms with Crippen LogP contribution in [-0.2, 0) is 4.79 Å². The van der Waals surface area contributed by atoms with Gasteiger partial charge in [-0.1, -0.05) is 6.42 Å². The smallest absolute Gasteiger partial charge is 0.237 e. The molecule has 0 aromatic carbocycles. The second-order valence-corrected chi connectivity index (χ2v) is 6.36. The molecule has 0 aromatic rings. The van der Waals surface area contributed by atoms with E-state index in [9.17, 15) is 4.79 Å². The third kappa shape index (κ3) is 3.39. The highest BCUT2D eigenvalue weighted by Crippen LogP contribution is 2.28. The van der Waals surface area contributed by atoms with Crippen molar-refractivity contribution in [1.82, 2.24) is 15.5 Å². The van der Waals surface area contributed by atoms with Crippen molar-refractivity contribution in [1.29, 1.82) is 0 Å². The van der Waals surface area contributed by atoms with E-state index in [2.05, 4.69) is 21.8 Å². The van der Waals surface area contributed by atoms with E-state index in [1.165, 1.54) is 12.8 Å². The van der Waals surface area contributed by atoms with Gasteiger partial charge in [-0.15, -0.1) is 0 Å². The number of rotatable bonds is 4. The summed E-state index contributed by atoms with van der Waals surface area (Å²) >= 11 is 1.89. The standard InChI is InChI=1S/C13H25N3OS/c1-10(16-8-6-14-7-9-16)13(17)15-11-4-3-5-12(11)18-2/h10-12,14H,3-9H2,1-2H3,(H,15,17). The average Bonchev–Trinajstić information content (AvgIpc) is 2.86. The first-order valence-corrected chi connectivity index (χ1v) is 8.29. The molecular weight excluding hydrogens is 246 g/mol. The molecule has 2 N–H and O–H groups in total. The largest absolute Gasteiger partial charge is 0.351 e. The van der Waals surface area contributed by atoms with Crippen molar-refractivity contribution in [2.24, 2.45) is 0 Å². The van der Waals surface area contributed by atoms with Crippen LogP contribution in [0.2, 0.25) is 0 Å². The lowest BCUT2D eigenvalue weighted by Crippen LogP contribution is -2.54. The van der Waals surface area contributed by atoms with Crippen molar-refractivity contribution in [3.05, 3.63) is 0 Å². The first kappa shape index (κ1) is 14.2. The molecule has 1 heterocycles. The van der Waals surface area contributed by atoms with E-state index in [4.69, 9.17) is 0 Å². The van der Waals surface area contributed by atoms with E-state index < -0.39 is 0 Å². The van der Waals surface area contributed by atoms with Crippen LogP contribution in [0.4, 0.5) is 0 Å². The number of amides is 1. The van der Waals surface area contributed by atoms with Crippen molar-refractivity contribution < 1.29 is 4.79 Å². The first-order valence-electron chi connectivity index (χ1n) is 7.00. The summed E-state index contributed by atoms with van der Waals surface area (Å²) in [6.07, 6.45) is 5.78. The molecule has 2 fully saturated rings. The molecule has 18 heavy (non-hydrogen) atoms. The highest BCUT2D eigenvalue weighted by Gasteiger charge is 2.30. The number of thioether (sulfide) groups is 1. The van der Waals surface area contributed by atoms with Crippen molar-refractivity contribution in [3.63, 3.8) is 0 Å². The molecule has 2 aliphatic rings. The van der Waals surface area contributed by atoms with Gasteiger partial charge in [0.25, 0.3) is 0 Å². The van der Waals surface area contributed by atoms with Gasteiger partial charge in [-0.25, -0.2) is 0 Å². The van der Waals surface area contributed by atoms with Crippen LogP contribution in [0.25, 0.3) is 0 Å². The van der Waals surface area contributed by atoms with E-state index >= 15 is 0 Å². The molecule has 0 aromatic heterocycles. The van der Waals surface area contributed by atoms with E-state index in [1.54, 1.807) is 0 Å². The minimum Gasteiger partial charge on any atom is -0.351 e. The Balaban J connectivity index is 1.82. The topological polar surface area (TPSA) is 44.4 Å². The molecule has 1 saturated carbocycles. The molecule has 5 heteroatoms. The number of hydrogen-bond donors (Lipinski definition) is 2. The van der Waals surface area contributed by atoms with Gasteiger partial charge in [-0.3, -0.25) is 9.69 Å². The van der Waals surface area contributed by atoms with Crippen LogP contribution in [0.3, 0.4) is 0 Å². The zero-order valence-electron chi connectivity index (χ0n) is 11.4. The summed E-state index contributed by atoms with van der Waals surface area (Å²) in [5.41, 5.74) is 0. The Bertz CT molecular complexity index is 281. The van der Waals surface area contributed by atoms with Gasteiger partial charge in [-0.2, -0.15) is 11.8 Å². The zero-order chi connectivity index (χ0) is 13.0. The van der Waals surface area contributed by atoms with Gasteiger partial charge < -0.3 is 10.6 Å². The normalized spacial score (nSPS) is 31.2. The molecule has 1 amide bonds. The highest BCUT2D eigenvalue weighted by atomic mass is 32.2. The van der Waals surface area contributed by atoms with Gasteiger partial charge in [0.2, 0.25) is 5.91 Å². The summed E-state index contributed by atoms with van der Waals surface area (Å²) in [5.74, 6) is 0.211. The van der Waals surface area contributed by atoms with Crippen LogP contribution in [0, 0.1) is 0 Å². The number of carbonyl (C=O) groups excluding carboxylic acids is 1. The quantitative estimate of drug-likeness (QED) is 0.789. The molecule has 2 rings (SSSR count). The van der Waals surface area contributed by atoms with E-state index in [0.717, 1.165) is 32.6 Å². The second-order valence-electron chi connectivity index (χ2n) is 5.28. The van der Waals surface area contributed by atoms with Crippen molar-refractivity contribution in [2.75, 3.05) is 32.4 Å². The minimum absolute atomic E-state index is 0.00945. The molecule has 3 atom stereocenters. The molecule has 0 radical (unpaired) electrons. The van der Waals surface area contributed by atoms with Crippen LogP contribution in [0.1, 0.15) is 26.2 Å². The maximum Gasteiger partial charge on any atom is 0.237 e. The third-order valence-corrected chi connectivity index (χ3v) is 5.33. The molecule has 1 saturated heterocycles. The molecule has 1 aliphatic heterocycles. The molecule has 4 nitrogen and oxygen atoms in total. The van der Waals surface area contributed by atoms with Crippen LogP contribution < -0.4 is 10.6 Å². The number of hydrogen-bond acceptors (Lipinski definition) is 4. The highest BCUT2D eigenvalue weighted by molar-refractivity contribution is 7.99. The van der Waals surface area contributed by atoms with Gasteiger partial charge in [0.05, 0.1) is 6.04 Å². The summed E-state index contributed by atoms with van der Waals surface area (Å²) in [6, 6.07) is 0.396. The van der Waals surface area contributed by atoms with E-state index in [0.29, 0.717) is 11.3 Å². The predicted octanol–water partition coefficient (Wildman–Crippen LogP) is 0.680. The van der Waals surface area contributed by atoms with Crippen LogP contribution in [0.15, 0.2) is 0 Å². The number of nitrogens with zero attached hydrogens (tertiary/aromatic N) is 1. The summed E-state index contributed by atoms with van der Waals surface area (Å²) in [6.45, 7) is 5.98. The Labute approximate surface area is 114 Å². The lowest BCUT2D eigenvalue weighted by atomic mass is 10.2. The summed E-state index contributed by atoms with van der Waals surface area (Å²) in [5, 5.41) is 7.19. The third-order valence-electron chi connectivity index (χ3n) is 4.16. The van der Waals surface area contributed by atoms with Crippen LogP contribution >= 0.6 is 11.8 Å². The number of piperazine rings is 1. The molecule has 1 aliphatic carbocycles. The lowest BCUT2D eigenvalue weighted by Gasteiger charge is -2.33. The second kappa shape index (κ2) is 6.78. The van der Waals surface area contributed by atoms with E-state index in [-0.39, 0.29) is 11.9 Å². The Morgan fingerprint density at radius 3 is 2.78 bits per heavy atom. The Hall–Kier alpha value is -0.260. The van der Waals surface area contributed by atoms with Crippen molar-refractivity contribution in [3.8, 4) is 0 Å². The maximum atomic E-state index is 12.3. The minimum atomic E-state index is 0.00945. The van der Waals surface area contributed by atoms with Gasteiger partial charge in [0.1, 0.15) is 0 Å². The molecule has 104 valence electrons. The van der Waals surface area contributed by atoms with Crippen molar-refractivity contribution >= 4 is 17.7 Å². The fraction of sp³-hybridized carbons (Fsp3) is 0.923. The molecule has 3 unspecified atom stereocenters. The van der Waals surface area contributed by atoms with Gasteiger partial charge >= 0.3 is 0 Å². The molecular formula is C13H25N3OS. The van der Waals surface area contributed by atoms with Crippen LogP contribution in [0.5, 0.6) is 0 Å². The summed E-state index contributed by atoms with van der Waals surface area (Å²) in [4.78, 5) is 14.6. The maximum absolute atomic E-state index is 12.3. The number of carbonyl (C=O) groups is 1. The first-order chi connectivity index (χ1) is 8.72. The molecule has 0 spiro atoms. The van der Waals surface area contributed by atoms with Crippen molar-refractivity contribution in [2.45, 2.75) is 43.5 Å². The fourth-order valence-electron chi connectivity index (χ4n) is 2.91. The Morgan fingerprint density at radius 1 is 1.39 bits per heavy atom.